The third-order valence-electron chi connectivity index (χ3n) is 4.46. The maximum Gasteiger partial charge on any atom is 0.243 e. The summed E-state index contributed by atoms with van der Waals surface area (Å²) >= 11 is 3.45. The lowest BCUT2D eigenvalue weighted by Crippen LogP contribution is -2.22. The molecule has 1 aromatic heterocycles. The molecule has 2 aromatic carbocycles. The number of carbonyl (C=O) groups is 1. The highest BCUT2D eigenvalue weighted by Crippen LogP contribution is 2.23. The molecular weight excluding hydrogens is 404 g/mol. The Labute approximate surface area is 167 Å². The number of aryl methyl sites for hydroxylation is 3. The van der Waals surface area contributed by atoms with Crippen LogP contribution in [0.15, 0.2) is 46.9 Å². The molecule has 0 aliphatic carbocycles. The van der Waals surface area contributed by atoms with E-state index in [4.69, 9.17) is 0 Å². The van der Waals surface area contributed by atoms with Crippen LogP contribution in [0.2, 0.25) is 0 Å². The van der Waals surface area contributed by atoms with E-state index in [1.165, 1.54) is 5.56 Å². The summed E-state index contributed by atoms with van der Waals surface area (Å²) in [6.07, 6.45) is 0. The van der Waals surface area contributed by atoms with Crippen LogP contribution in [0.3, 0.4) is 0 Å². The molecular formula is C21H23BrN4O. The molecule has 3 rings (SSSR count). The van der Waals surface area contributed by atoms with Crippen molar-refractivity contribution in [2.45, 2.75) is 27.7 Å². The van der Waals surface area contributed by atoms with Crippen molar-refractivity contribution in [1.82, 2.24) is 9.78 Å². The second-order valence-electron chi connectivity index (χ2n) is 6.65. The van der Waals surface area contributed by atoms with Gasteiger partial charge in [-0.15, -0.1) is 0 Å². The highest BCUT2D eigenvalue weighted by molar-refractivity contribution is 9.10. The number of amides is 1. The van der Waals surface area contributed by atoms with Crippen molar-refractivity contribution in [3.63, 3.8) is 0 Å². The Morgan fingerprint density at radius 2 is 1.78 bits per heavy atom. The number of anilines is 2. The van der Waals surface area contributed by atoms with E-state index < -0.39 is 0 Å². The van der Waals surface area contributed by atoms with E-state index in [9.17, 15) is 4.79 Å². The predicted molar refractivity (Wildman–Crippen MR) is 114 cm³/mol. The molecule has 0 aliphatic heterocycles. The van der Waals surface area contributed by atoms with Crippen LogP contribution in [0, 0.1) is 27.7 Å². The number of nitrogens with one attached hydrogen (secondary N) is 2. The van der Waals surface area contributed by atoms with E-state index in [2.05, 4.69) is 50.7 Å². The van der Waals surface area contributed by atoms with Crippen LogP contribution in [-0.2, 0) is 4.79 Å². The first-order chi connectivity index (χ1) is 12.8. The first kappa shape index (κ1) is 19.2. The molecule has 0 unspecified atom stereocenters. The normalized spacial score (nSPS) is 10.7. The lowest BCUT2D eigenvalue weighted by atomic mass is 10.2. The van der Waals surface area contributed by atoms with Crippen molar-refractivity contribution in [1.29, 1.82) is 0 Å². The van der Waals surface area contributed by atoms with Gasteiger partial charge in [0.25, 0.3) is 0 Å². The molecule has 3 aromatic rings. The average molecular weight is 427 g/mol. The van der Waals surface area contributed by atoms with Crippen molar-refractivity contribution >= 4 is 33.2 Å². The minimum Gasteiger partial charge on any atom is -0.376 e. The van der Waals surface area contributed by atoms with Gasteiger partial charge in [-0.2, -0.15) is 5.10 Å². The van der Waals surface area contributed by atoms with Gasteiger partial charge in [0.1, 0.15) is 0 Å². The van der Waals surface area contributed by atoms with E-state index in [0.29, 0.717) is 0 Å². The van der Waals surface area contributed by atoms with E-state index in [1.807, 2.05) is 55.8 Å². The fourth-order valence-corrected chi connectivity index (χ4v) is 3.42. The molecule has 1 heterocycles. The van der Waals surface area contributed by atoms with Crippen molar-refractivity contribution in [3.8, 4) is 5.69 Å². The molecule has 0 fully saturated rings. The number of aromatic nitrogens is 2. The van der Waals surface area contributed by atoms with Crippen LogP contribution in [-0.4, -0.2) is 22.2 Å². The summed E-state index contributed by atoms with van der Waals surface area (Å²) < 4.78 is 2.88. The van der Waals surface area contributed by atoms with Crippen LogP contribution < -0.4 is 10.6 Å². The highest BCUT2D eigenvalue weighted by atomic mass is 79.9. The Hall–Kier alpha value is -2.60. The minimum absolute atomic E-state index is 0.105. The molecule has 0 saturated carbocycles. The minimum atomic E-state index is -0.105. The molecule has 0 bridgehead atoms. The Morgan fingerprint density at radius 1 is 1.07 bits per heavy atom. The number of nitrogens with zero attached hydrogens (tertiary/aromatic N) is 2. The van der Waals surface area contributed by atoms with Crippen LogP contribution in [0.25, 0.3) is 5.69 Å². The number of carbonyl (C=O) groups excluding carboxylic acids is 1. The SMILES string of the molecule is Cc1ccc(-n2nc(C)c(NC(=O)CNc3ccc(Br)cc3C)c2C)cc1. The lowest BCUT2D eigenvalue weighted by Gasteiger charge is -2.11. The van der Waals surface area contributed by atoms with Gasteiger partial charge in [0.2, 0.25) is 5.91 Å². The number of hydrogen-bond acceptors (Lipinski definition) is 3. The molecule has 0 aliphatic rings. The fraction of sp³-hybridized carbons (Fsp3) is 0.238. The van der Waals surface area contributed by atoms with Gasteiger partial charge >= 0.3 is 0 Å². The van der Waals surface area contributed by atoms with Gasteiger partial charge in [-0.25, -0.2) is 4.68 Å². The third kappa shape index (κ3) is 4.39. The van der Waals surface area contributed by atoms with Crippen molar-refractivity contribution in [2.24, 2.45) is 0 Å². The zero-order valence-electron chi connectivity index (χ0n) is 15.9. The molecule has 1 amide bonds. The second-order valence-corrected chi connectivity index (χ2v) is 7.57. The first-order valence-electron chi connectivity index (χ1n) is 8.78. The summed E-state index contributed by atoms with van der Waals surface area (Å²) in [6, 6.07) is 14.1. The van der Waals surface area contributed by atoms with Gasteiger partial charge in [-0.05, 0) is 63.6 Å². The molecule has 0 saturated heterocycles. The van der Waals surface area contributed by atoms with Gasteiger partial charge in [0, 0.05) is 10.2 Å². The van der Waals surface area contributed by atoms with Gasteiger partial charge in [-0.1, -0.05) is 33.6 Å². The topological polar surface area (TPSA) is 59.0 Å². The van der Waals surface area contributed by atoms with E-state index >= 15 is 0 Å². The Morgan fingerprint density at radius 3 is 2.44 bits per heavy atom. The summed E-state index contributed by atoms with van der Waals surface area (Å²) in [5, 5.41) is 10.8. The maximum absolute atomic E-state index is 12.4. The Bertz CT molecular complexity index is 977. The standard InChI is InChI=1S/C21H23BrN4O/c1-13-5-8-18(9-6-13)26-16(4)21(15(3)25-26)24-20(27)12-23-19-10-7-17(22)11-14(19)2/h5-11,23H,12H2,1-4H3,(H,24,27). The van der Waals surface area contributed by atoms with Gasteiger partial charge in [0.05, 0.1) is 29.3 Å². The number of halogens is 1. The highest BCUT2D eigenvalue weighted by Gasteiger charge is 2.15. The lowest BCUT2D eigenvalue weighted by molar-refractivity contribution is -0.114. The molecule has 2 N–H and O–H groups in total. The van der Waals surface area contributed by atoms with Crippen LogP contribution in [0.1, 0.15) is 22.5 Å². The molecule has 0 spiro atoms. The number of rotatable bonds is 5. The molecule has 140 valence electrons. The van der Waals surface area contributed by atoms with Gasteiger partial charge in [0.15, 0.2) is 0 Å². The van der Waals surface area contributed by atoms with E-state index in [-0.39, 0.29) is 12.5 Å². The fourth-order valence-electron chi connectivity index (χ4n) is 2.95. The van der Waals surface area contributed by atoms with Crippen molar-refractivity contribution in [3.05, 3.63) is 69.5 Å². The quantitative estimate of drug-likeness (QED) is 0.608. The monoisotopic (exact) mass is 426 g/mol. The van der Waals surface area contributed by atoms with Crippen molar-refractivity contribution in [2.75, 3.05) is 17.2 Å². The smallest absolute Gasteiger partial charge is 0.243 e. The largest absolute Gasteiger partial charge is 0.376 e. The summed E-state index contributed by atoms with van der Waals surface area (Å²) in [4.78, 5) is 12.4. The molecule has 6 heteroatoms. The van der Waals surface area contributed by atoms with Crippen LogP contribution >= 0.6 is 15.9 Å². The van der Waals surface area contributed by atoms with E-state index in [0.717, 1.165) is 38.5 Å². The summed E-state index contributed by atoms with van der Waals surface area (Å²) in [7, 11) is 0. The summed E-state index contributed by atoms with van der Waals surface area (Å²) in [5.74, 6) is -0.105. The zero-order chi connectivity index (χ0) is 19.6. The van der Waals surface area contributed by atoms with Gasteiger partial charge in [-0.3, -0.25) is 4.79 Å². The Balaban J connectivity index is 1.71. The molecule has 5 nitrogen and oxygen atoms in total. The van der Waals surface area contributed by atoms with E-state index in [1.54, 1.807) is 0 Å². The van der Waals surface area contributed by atoms with Crippen LogP contribution in [0.5, 0.6) is 0 Å². The van der Waals surface area contributed by atoms with Crippen molar-refractivity contribution < 1.29 is 4.79 Å². The molecule has 27 heavy (non-hydrogen) atoms. The Kier molecular flexibility index (Phi) is 5.65. The zero-order valence-corrected chi connectivity index (χ0v) is 17.5. The molecule has 0 atom stereocenters. The number of hydrogen-bond donors (Lipinski definition) is 2. The number of benzene rings is 2. The molecule has 0 radical (unpaired) electrons. The third-order valence-corrected chi connectivity index (χ3v) is 4.96. The predicted octanol–water partition coefficient (Wildman–Crippen LogP) is 4.92. The second kappa shape index (κ2) is 7.96. The summed E-state index contributed by atoms with van der Waals surface area (Å²) in [6.45, 7) is 8.11. The summed E-state index contributed by atoms with van der Waals surface area (Å²) in [5.41, 5.74) is 6.66. The average Bonchev–Trinajstić information content (AvgIpc) is 2.90. The maximum atomic E-state index is 12.4. The first-order valence-corrected chi connectivity index (χ1v) is 9.57. The van der Waals surface area contributed by atoms with Gasteiger partial charge < -0.3 is 10.6 Å². The van der Waals surface area contributed by atoms with Crippen LogP contribution in [0.4, 0.5) is 11.4 Å².